The van der Waals surface area contributed by atoms with E-state index in [-0.39, 0.29) is 24.8 Å². The summed E-state index contributed by atoms with van der Waals surface area (Å²) in [6, 6.07) is 0.309. The normalized spacial score (nSPS) is 28.9. The van der Waals surface area contributed by atoms with Gasteiger partial charge in [-0.05, 0) is 12.8 Å². The molecule has 10 heavy (non-hydrogen) atoms. The summed E-state index contributed by atoms with van der Waals surface area (Å²) in [7, 11) is 0. The Bertz CT molecular complexity index is 111. The van der Waals surface area contributed by atoms with Gasteiger partial charge in [0.25, 0.3) is 0 Å². The lowest BCUT2D eigenvalue weighted by Crippen LogP contribution is -2.42. The number of nitrogens with one attached hydrogen (secondary N) is 1. The molecule has 1 saturated carbocycles. The smallest absolute Gasteiger partial charge is 0.0938 e. The van der Waals surface area contributed by atoms with Crippen LogP contribution >= 0.6 is 24.8 Å². The molecule has 0 spiro atoms. The van der Waals surface area contributed by atoms with Crippen molar-refractivity contribution < 1.29 is 0 Å². The van der Waals surface area contributed by atoms with Gasteiger partial charge in [0.1, 0.15) is 0 Å². The highest BCUT2D eigenvalue weighted by Gasteiger charge is 2.27. The van der Waals surface area contributed by atoms with Gasteiger partial charge >= 0.3 is 0 Å². The van der Waals surface area contributed by atoms with E-state index in [9.17, 15) is 0 Å². The molecule has 0 aliphatic heterocycles. The summed E-state index contributed by atoms with van der Waals surface area (Å²) in [5.74, 6) is 0.594. The van der Waals surface area contributed by atoms with Crippen LogP contribution in [0.2, 0.25) is 0 Å². The number of hydrogen-bond acceptors (Lipinski definition) is 2. The molecule has 1 aliphatic carbocycles. The van der Waals surface area contributed by atoms with Crippen molar-refractivity contribution in [2.24, 2.45) is 17.4 Å². The van der Waals surface area contributed by atoms with Gasteiger partial charge in [-0.25, -0.2) is 0 Å². The largest absolute Gasteiger partial charge is 0.387 e. The molecule has 62 valence electrons. The number of rotatable bonds is 1. The van der Waals surface area contributed by atoms with Gasteiger partial charge in [0.15, 0.2) is 0 Å². The summed E-state index contributed by atoms with van der Waals surface area (Å²) < 4.78 is 0. The topological polar surface area (TPSA) is 75.9 Å². The van der Waals surface area contributed by atoms with Gasteiger partial charge in [0, 0.05) is 12.0 Å². The first-order valence-electron chi connectivity index (χ1n) is 2.79. The van der Waals surface area contributed by atoms with Crippen molar-refractivity contribution in [1.29, 1.82) is 5.41 Å². The Balaban J connectivity index is 0. The molecule has 0 heterocycles. The predicted octanol–water partition coefficient (Wildman–Crippen LogP) is 0.503. The van der Waals surface area contributed by atoms with Crippen LogP contribution in [0.15, 0.2) is 0 Å². The van der Waals surface area contributed by atoms with Crippen molar-refractivity contribution in [3.63, 3.8) is 0 Å². The molecule has 0 radical (unpaired) electrons. The molecule has 0 aromatic rings. The van der Waals surface area contributed by atoms with Crippen LogP contribution in [0.1, 0.15) is 12.8 Å². The highest BCUT2D eigenvalue weighted by molar-refractivity contribution is 5.85. The highest BCUT2D eigenvalue weighted by Crippen LogP contribution is 2.24. The zero-order valence-electron chi connectivity index (χ0n) is 5.54. The second kappa shape index (κ2) is 4.77. The van der Waals surface area contributed by atoms with Gasteiger partial charge in [-0.1, -0.05) is 0 Å². The number of nitrogens with two attached hydrogens (primary N) is 2. The molecule has 0 atom stereocenters. The van der Waals surface area contributed by atoms with Crippen molar-refractivity contribution in [3.05, 3.63) is 0 Å². The number of amidine groups is 1. The first-order chi connectivity index (χ1) is 3.70. The van der Waals surface area contributed by atoms with E-state index in [4.69, 9.17) is 16.9 Å². The Morgan fingerprint density at radius 1 is 1.30 bits per heavy atom. The van der Waals surface area contributed by atoms with Crippen molar-refractivity contribution in [3.8, 4) is 0 Å². The molecule has 0 bridgehead atoms. The van der Waals surface area contributed by atoms with Gasteiger partial charge in [-0.2, -0.15) is 0 Å². The van der Waals surface area contributed by atoms with Crippen LogP contribution in [0.3, 0.4) is 0 Å². The molecular formula is C5H13Cl2N3. The lowest BCUT2D eigenvalue weighted by molar-refractivity contribution is 0.342. The van der Waals surface area contributed by atoms with Crippen molar-refractivity contribution >= 4 is 30.6 Å². The maximum absolute atomic E-state index is 6.96. The van der Waals surface area contributed by atoms with Crippen LogP contribution < -0.4 is 11.5 Å². The third kappa shape index (κ3) is 2.73. The Morgan fingerprint density at radius 2 is 1.70 bits per heavy atom. The Labute approximate surface area is 72.9 Å². The fourth-order valence-corrected chi connectivity index (χ4v) is 0.916. The zero-order chi connectivity index (χ0) is 6.15. The molecule has 1 aliphatic rings. The quantitative estimate of drug-likeness (QED) is 0.412. The van der Waals surface area contributed by atoms with Crippen molar-refractivity contribution in [2.45, 2.75) is 18.9 Å². The van der Waals surface area contributed by atoms with E-state index in [1.165, 1.54) is 0 Å². The maximum Gasteiger partial charge on any atom is 0.0938 e. The Kier molecular flexibility index (Phi) is 6.04. The predicted molar refractivity (Wildman–Crippen MR) is 47.1 cm³/mol. The van der Waals surface area contributed by atoms with E-state index in [1.807, 2.05) is 0 Å². The van der Waals surface area contributed by atoms with Gasteiger partial charge in [0.2, 0.25) is 0 Å². The lowest BCUT2D eigenvalue weighted by Gasteiger charge is -2.30. The van der Waals surface area contributed by atoms with Crippen LogP contribution in [0.25, 0.3) is 0 Å². The third-order valence-electron chi connectivity index (χ3n) is 1.61. The molecule has 5 N–H and O–H groups in total. The molecule has 0 amide bonds. The molecule has 1 fully saturated rings. The second-order valence-electron chi connectivity index (χ2n) is 2.38. The zero-order valence-corrected chi connectivity index (χ0v) is 7.17. The van der Waals surface area contributed by atoms with Gasteiger partial charge in [0.05, 0.1) is 5.84 Å². The molecule has 0 aromatic heterocycles. The number of hydrogen-bond donors (Lipinski definition) is 3. The van der Waals surface area contributed by atoms with E-state index >= 15 is 0 Å². The SMILES string of the molecule is Cl.Cl.N=C(N)C1CC(N)C1. The Hall–Kier alpha value is 0.01000. The van der Waals surface area contributed by atoms with Crippen LogP contribution in [0.4, 0.5) is 0 Å². The summed E-state index contributed by atoms with van der Waals surface area (Å²) in [6.07, 6.45) is 1.82. The maximum atomic E-state index is 6.96. The van der Waals surface area contributed by atoms with E-state index in [0.717, 1.165) is 12.8 Å². The minimum absolute atomic E-state index is 0. The summed E-state index contributed by atoms with van der Waals surface area (Å²) in [5.41, 5.74) is 10.6. The van der Waals surface area contributed by atoms with E-state index in [2.05, 4.69) is 0 Å². The fraction of sp³-hybridized carbons (Fsp3) is 0.800. The summed E-state index contributed by atoms with van der Waals surface area (Å²) in [5, 5.41) is 6.96. The monoisotopic (exact) mass is 185 g/mol. The van der Waals surface area contributed by atoms with Crippen LogP contribution in [-0.4, -0.2) is 11.9 Å². The summed E-state index contributed by atoms with van der Waals surface area (Å²) in [4.78, 5) is 0. The Morgan fingerprint density at radius 3 is 1.80 bits per heavy atom. The minimum atomic E-state index is 0. The van der Waals surface area contributed by atoms with E-state index in [0.29, 0.717) is 17.8 Å². The molecule has 5 heteroatoms. The van der Waals surface area contributed by atoms with Crippen LogP contribution in [0, 0.1) is 11.3 Å². The lowest BCUT2D eigenvalue weighted by atomic mass is 9.80. The molecule has 0 unspecified atom stereocenters. The molecule has 3 nitrogen and oxygen atoms in total. The van der Waals surface area contributed by atoms with E-state index in [1.54, 1.807) is 0 Å². The van der Waals surface area contributed by atoms with E-state index < -0.39 is 0 Å². The molecular weight excluding hydrogens is 173 g/mol. The van der Waals surface area contributed by atoms with Crippen LogP contribution in [0.5, 0.6) is 0 Å². The minimum Gasteiger partial charge on any atom is -0.387 e. The molecule has 0 aromatic carbocycles. The standard InChI is InChI=1S/C5H11N3.2ClH/c6-4-1-3(2-4)5(7)8;;/h3-4H,1-2,6H2,(H3,7,8);2*1H. The fourth-order valence-electron chi connectivity index (χ4n) is 0.916. The average molecular weight is 186 g/mol. The first kappa shape index (κ1) is 12.7. The second-order valence-corrected chi connectivity index (χ2v) is 2.38. The summed E-state index contributed by atoms with van der Waals surface area (Å²) >= 11 is 0. The molecule has 1 rings (SSSR count). The number of halogens is 2. The van der Waals surface area contributed by atoms with Gasteiger partial charge < -0.3 is 11.5 Å². The van der Waals surface area contributed by atoms with Gasteiger partial charge in [-0.15, -0.1) is 24.8 Å². The molecule has 0 saturated heterocycles. The van der Waals surface area contributed by atoms with Crippen molar-refractivity contribution in [2.75, 3.05) is 0 Å². The third-order valence-corrected chi connectivity index (χ3v) is 1.61. The van der Waals surface area contributed by atoms with Gasteiger partial charge in [-0.3, -0.25) is 5.41 Å². The van der Waals surface area contributed by atoms with Crippen LogP contribution in [-0.2, 0) is 0 Å². The summed E-state index contributed by atoms with van der Waals surface area (Å²) in [6.45, 7) is 0. The average Bonchev–Trinajstić information content (AvgIpc) is 1.57. The highest BCUT2D eigenvalue weighted by atomic mass is 35.5. The van der Waals surface area contributed by atoms with Crippen molar-refractivity contribution in [1.82, 2.24) is 0 Å². The first-order valence-corrected chi connectivity index (χ1v) is 2.79.